The van der Waals surface area contributed by atoms with E-state index >= 15 is 0 Å². The molecule has 1 saturated heterocycles. The highest BCUT2D eigenvalue weighted by Gasteiger charge is 2.09. The van der Waals surface area contributed by atoms with Gasteiger partial charge in [0, 0.05) is 39.8 Å². The highest BCUT2D eigenvalue weighted by Crippen LogP contribution is 2.21. The van der Waals surface area contributed by atoms with E-state index in [-0.39, 0.29) is 24.0 Å². The Morgan fingerprint density at radius 1 is 1.04 bits per heavy atom. The highest BCUT2D eigenvalue weighted by atomic mass is 127. The molecule has 152 valence electrons. The molecule has 2 aromatic rings. The lowest BCUT2D eigenvalue weighted by molar-refractivity contribution is 0.0389. The molecule has 1 fully saturated rings. The molecule has 7 heteroatoms. The van der Waals surface area contributed by atoms with Gasteiger partial charge in [-0.05, 0) is 29.8 Å². The van der Waals surface area contributed by atoms with E-state index in [1.54, 1.807) is 7.05 Å². The molecule has 3 rings (SSSR count). The molecule has 0 amide bonds. The average Bonchev–Trinajstić information content (AvgIpc) is 2.72. The minimum Gasteiger partial charge on any atom is -0.457 e. The fourth-order valence-electron chi connectivity index (χ4n) is 2.91. The number of rotatable bonds is 7. The zero-order valence-corrected chi connectivity index (χ0v) is 18.6. The molecule has 6 nitrogen and oxygen atoms in total. The van der Waals surface area contributed by atoms with Gasteiger partial charge in [-0.2, -0.15) is 0 Å². The Labute approximate surface area is 184 Å². The number of hydrogen-bond donors (Lipinski definition) is 2. The van der Waals surface area contributed by atoms with Crippen molar-refractivity contribution in [2.24, 2.45) is 4.99 Å². The van der Waals surface area contributed by atoms with Crippen LogP contribution >= 0.6 is 24.0 Å². The summed E-state index contributed by atoms with van der Waals surface area (Å²) >= 11 is 0. The number of aliphatic imine (C=N–C) groups is 1. The summed E-state index contributed by atoms with van der Waals surface area (Å²) in [5, 5.41) is 6.72. The van der Waals surface area contributed by atoms with Crippen LogP contribution in [0.4, 0.5) is 0 Å². The van der Waals surface area contributed by atoms with Gasteiger partial charge in [-0.15, -0.1) is 24.0 Å². The lowest BCUT2D eigenvalue weighted by Gasteiger charge is -2.26. The summed E-state index contributed by atoms with van der Waals surface area (Å²) in [4.78, 5) is 6.69. The van der Waals surface area contributed by atoms with Crippen LogP contribution in [0.2, 0.25) is 0 Å². The predicted molar refractivity (Wildman–Crippen MR) is 124 cm³/mol. The van der Waals surface area contributed by atoms with Gasteiger partial charge in [0.25, 0.3) is 0 Å². The maximum absolute atomic E-state index is 5.89. The first-order chi connectivity index (χ1) is 13.3. The predicted octanol–water partition coefficient (Wildman–Crippen LogP) is 3.09. The molecule has 0 saturated carbocycles. The maximum Gasteiger partial charge on any atom is 0.191 e. The van der Waals surface area contributed by atoms with Crippen LogP contribution in [0.25, 0.3) is 0 Å². The second-order valence-electron chi connectivity index (χ2n) is 6.37. The summed E-state index contributed by atoms with van der Waals surface area (Å²) in [7, 11) is 1.79. The average molecular weight is 496 g/mol. The Hall–Kier alpha value is -1.84. The largest absolute Gasteiger partial charge is 0.457 e. The van der Waals surface area contributed by atoms with E-state index < -0.39 is 0 Å². The first-order valence-corrected chi connectivity index (χ1v) is 9.40. The number of morpholine rings is 1. The lowest BCUT2D eigenvalue weighted by Crippen LogP contribution is -2.44. The molecular formula is C21H29IN4O2. The van der Waals surface area contributed by atoms with Crippen molar-refractivity contribution in [2.75, 3.05) is 46.4 Å². The fraction of sp³-hybridized carbons (Fsp3) is 0.381. The summed E-state index contributed by atoms with van der Waals surface area (Å²) in [5.41, 5.74) is 1.14. The van der Waals surface area contributed by atoms with E-state index in [0.717, 1.165) is 62.4 Å². The molecule has 1 heterocycles. The Kier molecular flexibility index (Phi) is 10.1. The smallest absolute Gasteiger partial charge is 0.191 e. The van der Waals surface area contributed by atoms with Gasteiger partial charge in [-0.3, -0.25) is 9.89 Å². The van der Waals surface area contributed by atoms with Crippen molar-refractivity contribution in [3.05, 3.63) is 60.2 Å². The van der Waals surface area contributed by atoms with Crippen LogP contribution in [0, 0.1) is 0 Å². The van der Waals surface area contributed by atoms with Crippen LogP contribution in [0.1, 0.15) is 5.56 Å². The fourth-order valence-corrected chi connectivity index (χ4v) is 2.91. The first kappa shape index (κ1) is 22.4. The molecule has 0 radical (unpaired) electrons. The monoisotopic (exact) mass is 496 g/mol. The van der Waals surface area contributed by atoms with E-state index in [1.807, 2.05) is 48.5 Å². The van der Waals surface area contributed by atoms with Crippen LogP contribution in [0.3, 0.4) is 0 Å². The maximum atomic E-state index is 5.89. The zero-order valence-electron chi connectivity index (χ0n) is 16.3. The van der Waals surface area contributed by atoms with E-state index in [1.165, 1.54) is 0 Å². The van der Waals surface area contributed by atoms with Gasteiger partial charge in [-0.1, -0.05) is 30.3 Å². The summed E-state index contributed by atoms with van der Waals surface area (Å²) in [6, 6.07) is 17.9. The minimum absolute atomic E-state index is 0. The molecule has 0 bridgehead atoms. The molecule has 0 atom stereocenters. The summed E-state index contributed by atoms with van der Waals surface area (Å²) in [5.74, 6) is 2.47. The molecule has 0 aliphatic carbocycles. The topological polar surface area (TPSA) is 58.1 Å². The summed E-state index contributed by atoms with van der Waals surface area (Å²) < 4.78 is 11.3. The van der Waals surface area contributed by atoms with E-state index in [2.05, 4.69) is 26.6 Å². The van der Waals surface area contributed by atoms with Gasteiger partial charge >= 0.3 is 0 Å². The van der Waals surface area contributed by atoms with Crippen molar-refractivity contribution < 1.29 is 9.47 Å². The Bertz CT molecular complexity index is 721. The van der Waals surface area contributed by atoms with Gasteiger partial charge in [0.15, 0.2) is 5.96 Å². The number of hydrogen-bond acceptors (Lipinski definition) is 4. The normalized spacial score (nSPS) is 14.8. The standard InChI is InChI=1S/C21H28N4O2.HI/c1-22-21(23-10-11-25-12-14-26-15-13-25)24-17-18-6-5-9-20(16-18)27-19-7-3-2-4-8-19;/h2-9,16H,10-15,17H2,1H3,(H2,22,23,24);1H. The van der Waals surface area contributed by atoms with E-state index in [4.69, 9.17) is 9.47 Å². The minimum atomic E-state index is 0. The third kappa shape index (κ3) is 7.65. The second kappa shape index (κ2) is 12.6. The third-order valence-electron chi connectivity index (χ3n) is 4.39. The van der Waals surface area contributed by atoms with Gasteiger partial charge in [0.2, 0.25) is 0 Å². The quantitative estimate of drug-likeness (QED) is 0.351. The SMILES string of the molecule is CN=C(NCCN1CCOCC1)NCc1cccc(Oc2ccccc2)c1.I. The molecule has 1 aliphatic heterocycles. The Morgan fingerprint density at radius 2 is 1.79 bits per heavy atom. The number of nitrogens with zero attached hydrogens (tertiary/aromatic N) is 2. The third-order valence-corrected chi connectivity index (χ3v) is 4.39. The van der Waals surface area contributed by atoms with Crippen LogP contribution in [-0.4, -0.2) is 57.3 Å². The van der Waals surface area contributed by atoms with E-state index in [0.29, 0.717) is 6.54 Å². The van der Waals surface area contributed by atoms with Crippen molar-refractivity contribution >= 4 is 29.9 Å². The molecule has 28 heavy (non-hydrogen) atoms. The zero-order chi connectivity index (χ0) is 18.7. The molecule has 1 aliphatic rings. The van der Waals surface area contributed by atoms with Crippen LogP contribution in [-0.2, 0) is 11.3 Å². The van der Waals surface area contributed by atoms with Crippen molar-refractivity contribution in [2.45, 2.75) is 6.54 Å². The number of nitrogens with one attached hydrogen (secondary N) is 2. The molecule has 2 aromatic carbocycles. The van der Waals surface area contributed by atoms with Gasteiger partial charge in [0.1, 0.15) is 11.5 Å². The van der Waals surface area contributed by atoms with E-state index in [9.17, 15) is 0 Å². The van der Waals surface area contributed by atoms with Gasteiger partial charge in [-0.25, -0.2) is 0 Å². The van der Waals surface area contributed by atoms with Crippen molar-refractivity contribution in [1.29, 1.82) is 0 Å². The number of ether oxygens (including phenoxy) is 2. The second-order valence-corrected chi connectivity index (χ2v) is 6.37. The Morgan fingerprint density at radius 3 is 2.54 bits per heavy atom. The molecule has 2 N–H and O–H groups in total. The molecule has 0 unspecified atom stereocenters. The van der Waals surface area contributed by atoms with Crippen LogP contribution < -0.4 is 15.4 Å². The van der Waals surface area contributed by atoms with Crippen molar-refractivity contribution in [3.63, 3.8) is 0 Å². The van der Waals surface area contributed by atoms with Crippen LogP contribution in [0.15, 0.2) is 59.6 Å². The van der Waals surface area contributed by atoms with Gasteiger partial charge in [0.05, 0.1) is 13.2 Å². The number of guanidine groups is 1. The number of halogens is 1. The van der Waals surface area contributed by atoms with Crippen LogP contribution in [0.5, 0.6) is 11.5 Å². The number of benzene rings is 2. The number of para-hydroxylation sites is 1. The lowest BCUT2D eigenvalue weighted by atomic mass is 10.2. The molecule has 0 aromatic heterocycles. The van der Waals surface area contributed by atoms with Crippen molar-refractivity contribution in [1.82, 2.24) is 15.5 Å². The highest BCUT2D eigenvalue weighted by molar-refractivity contribution is 14.0. The van der Waals surface area contributed by atoms with Crippen molar-refractivity contribution in [3.8, 4) is 11.5 Å². The summed E-state index contributed by atoms with van der Waals surface area (Å²) in [6.07, 6.45) is 0. The van der Waals surface area contributed by atoms with Gasteiger partial charge < -0.3 is 20.1 Å². The Balaban J connectivity index is 0.00000280. The molecular weight excluding hydrogens is 467 g/mol. The molecule has 0 spiro atoms. The first-order valence-electron chi connectivity index (χ1n) is 9.40. The summed E-state index contributed by atoms with van der Waals surface area (Å²) in [6.45, 7) is 6.19.